The van der Waals surface area contributed by atoms with Crippen molar-refractivity contribution in [3.05, 3.63) is 29.8 Å². The molecule has 0 aromatic heterocycles. The van der Waals surface area contributed by atoms with Gasteiger partial charge in [0.1, 0.15) is 5.75 Å². The van der Waals surface area contributed by atoms with Gasteiger partial charge in [-0.05, 0) is 56.8 Å². The molecule has 1 amide bonds. The maximum Gasteiger partial charge on any atom is 0.251 e. The third-order valence-corrected chi connectivity index (χ3v) is 4.10. The van der Waals surface area contributed by atoms with Gasteiger partial charge in [-0.1, -0.05) is 6.07 Å². The maximum absolute atomic E-state index is 12.2. The summed E-state index contributed by atoms with van der Waals surface area (Å²) in [5.41, 5.74) is 0.687. The van der Waals surface area contributed by atoms with Gasteiger partial charge in [0, 0.05) is 18.2 Å². The van der Waals surface area contributed by atoms with Gasteiger partial charge in [0.2, 0.25) is 0 Å². The normalized spacial score (nSPS) is 22.9. The minimum atomic E-state index is -0.00410. The molecule has 1 saturated heterocycles. The van der Waals surface area contributed by atoms with Crippen molar-refractivity contribution in [3.8, 4) is 5.75 Å². The van der Waals surface area contributed by atoms with Crippen LogP contribution in [0.1, 0.15) is 42.5 Å². The summed E-state index contributed by atoms with van der Waals surface area (Å²) in [5.74, 6) is 0.810. The Morgan fingerprint density at radius 2 is 2.10 bits per heavy atom. The number of carbonyl (C=O) groups is 1. The molecule has 0 bridgehead atoms. The van der Waals surface area contributed by atoms with E-state index in [-0.39, 0.29) is 11.9 Å². The standard InChI is InChI=1S/C16H22N2O2/c19-16(18-13-8-9-17-11-13)12-4-3-7-15(10-12)20-14-5-1-2-6-14/h3-4,7,10,13-14,17H,1-2,5-6,8-9,11H2,(H,18,19). The van der Waals surface area contributed by atoms with Crippen LogP contribution in [0.2, 0.25) is 0 Å². The predicted molar refractivity (Wildman–Crippen MR) is 78.1 cm³/mol. The van der Waals surface area contributed by atoms with Gasteiger partial charge in [-0.15, -0.1) is 0 Å². The Bertz CT molecular complexity index is 463. The second kappa shape index (κ2) is 6.27. The van der Waals surface area contributed by atoms with Crippen LogP contribution in [0.15, 0.2) is 24.3 Å². The van der Waals surface area contributed by atoms with Crippen molar-refractivity contribution in [2.75, 3.05) is 13.1 Å². The topological polar surface area (TPSA) is 50.4 Å². The number of amides is 1. The first-order valence-electron chi connectivity index (χ1n) is 7.59. The van der Waals surface area contributed by atoms with Crippen molar-refractivity contribution in [2.24, 2.45) is 0 Å². The van der Waals surface area contributed by atoms with Crippen molar-refractivity contribution < 1.29 is 9.53 Å². The highest BCUT2D eigenvalue weighted by molar-refractivity contribution is 5.94. The van der Waals surface area contributed by atoms with Crippen molar-refractivity contribution in [1.82, 2.24) is 10.6 Å². The van der Waals surface area contributed by atoms with Crippen LogP contribution < -0.4 is 15.4 Å². The van der Waals surface area contributed by atoms with Crippen molar-refractivity contribution in [3.63, 3.8) is 0 Å². The maximum atomic E-state index is 12.2. The molecule has 1 aliphatic carbocycles. The zero-order valence-corrected chi connectivity index (χ0v) is 11.7. The van der Waals surface area contributed by atoms with Crippen LogP contribution in [0, 0.1) is 0 Å². The highest BCUT2D eigenvalue weighted by atomic mass is 16.5. The number of nitrogens with one attached hydrogen (secondary N) is 2. The van der Waals surface area contributed by atoms with Crippen molar-refractivity contribution in [2.45, 2.75) is 44.2 Å². The van der Waals surface area contributed by atoms with Crippen molar-refractivity contribution in [1.29, 1.82) is 0 Å². The Hall–Kier alpha value is -1.55. The van der Waals surface area contributed by atoms with E-state index < -0.39 is 0 Å². The van der Waals surface area contributed by atoms with Crippen LogP contribution in [0.4, 0.5) is 0 Å². The zero-order chi connectivity index (χ0) is 13.8. The van der Waals surface area contributed by atoms with E-state index in [4.69, 9.17) is 4.74 Å². The van der Waals surface area contributed by atoms with Gasteiger partial charge in [-0.25, -0.2) is 0 Å². The molecule has 1 heterocycles. The Balaban J connectivity index is 1.61. The van der Waals surface area contributed by atoms with Gasteiger partial charge >= 0.3 is 0 Å². The van der Waals surface area contributed by atoms with E-state index in [9.17, 15) is 4.79 Å². The first-order chi connectivity index (χ1) is 9.81. The molecular weight excluding hydrogens is 252 g/mol. The van der Waals surface area contributed by atoms with E-state index in [0.29, 0.717) is 11.7 Å². The lowest BCUT2D eigenvalue weighted by molar-refractivity contribution is 0.0939. The van der Waals surface area contributed by atoms with Crippen LogP contribution in [0.3, 0.4) is 0 Å². The van der Waals surface area contributed by atoms with Crippen LogP contribution in [0.5, 0.6) is 5.75 Å². The molecule has 20 heavy (non-hydrogen) atoms. The van der Waals surface area contributed by atoms with Crippen LogP contribution in [-0.4, -0.2) is 31.1 Å². The van der Waals surface area contributed by atoms with Crippen molar-refractivity contribution >= 4 is 5.91 Å². The summed E-state index contributed by atoms with van der Waals surface area (Å²) in [4.78, 5) is 12.2. The average molecular weight is 274 g/mol. The first-order valence-corrected chi connectivity index (χ1v) is 7.59. The molecule has 2 aliphatic rings. The van der Waals surface area contributed by atoms with Gasteiger partial charge in [-0.3, -0.25) is 4.79 Å². The van der Waals surface area contributed by atoms with E-state index in [2.05, 4.69) is 10.6 Å². The summed E-state index contributed by atoms with van der Waals surface area (Å²) in [5, 5.41) is 6.31. The molecule has 3 rings (SSSR count). The van der Waals surface area contributed by atoms with Gasteiger partial charge in [0.05, 0.1) is 6.10 Å². The Kier molecular flexibility index (Phi) is 4.21. The van der Waals surface area contributed by atoms with E-state index in [1.165, 1.54) is 12.8 Å². The lowest BCUT2D eigenvalue weighted by atomic mass is 10.1. The van der Waals surface area contributed by atoms with Crippen LogP contribution in [-0.2, 0) is 0 Å². The fourth-order valence-electron chi connectivity index (χ4n) is 2.96. The molecule has 4 heteroatoms. The van der Waals surface area contributed by atoms with E-state index in [1.54, 1.807) is 0 Å². The number of benzene rings is 1. The first kappa shape index (κ1) is 13.4. The lowest BCUT2D eigenvalue weighted by Gasteiger charge is -2.15. The molecule has 1 aliphatic heterocycles. The predicted octanol–water partition coefficient (Wildman–Crippen LogP) is 2.10. The summed E-state index contributed by atoms with van der Waals surface area (Å²) in [6.45, 7) is 1.85. The molecule has 0 spiro atoms. The number of ether oxygens (including phenoxy) is 1. The van der Waals surface area contributed by atoms with Gasteiger partial charge in [0.25, 0.3) is 5.91 Å². The highest BCUT2D eigenvalue weighted by Crippen LogP contribution is 2.24. The number of carbonyl (C=O) groups excluding carboxylic acids is 1. The molecule has 1 aromatic carbocycles. The molecule has 1 aromatic rings. The second-order valence-electron chi connectivity index (χ2n) is 5.72. The summed E-state index contributed by atoms with van der Waals surface area (Å²) in [6, 6.07) is 7.79. The summed E-state index contributed by atoms with van der Waals surface area (Å²) in [6.07, 6.45) is 6.09. The van der Waals surface area contributed by atoms with E-state index >= 15 is 0 Å². The fraction of sp³-hybridized carbons (Fsp3) is 0.562. The smallest absolute Gasteiger partial charge is 0.251 e. The summed E-state index contributed by atoms with van der Waals surface area (Å²) in [7, 11) is 0. The molecule has 1 unspecified atom stereocenters. The summed E-state index contributed by atoms with van der Waals surface area (Å²) >= 11 is 0. The summed E-state index contributed by atoms with van der Waals surface area (Å²) < 4.78 is 5.94. The van der Waals surface area contributed by atoms with Gasteiger partial charge in [0.15, 0.2) is 0 Å². The second-order valence-corrected chi connectivity index (χ2v) is 5.72. The molecule has 108 valence electrons. The molecule has 1 saturated carbocycles. The monoisotopic (exact) mass is 274 g/mol. The third kappa shape index (κ3) is 3.31. The average Bonchev–Trinajstić information content (AvgIpc) is 3.12. The third-order valence-electron chi connectivity index (χ3n) is 4.10. The molecular formula is C16H22N2O2. The molecule has 0 radical (unpaired) electrons. The fourth-order valence-corrected chi connectivity index (χ4v) is 2.96. The highest BCUT2D eigenvalue weighted by Gasteiger charge is 2.19. The minimum absolute atomic E-state index is 0.00410. The zero-order valence-electron chi connectivity index (χ0n) is 11.7. The van der Waals surface area contributed by atoms with Crippen LogP contribution in [0.25, 0.3) is 0 Å². The quantitative estimate of drug-likeness (QED) is 0.884. The van der Waals surface area contributed by atoms with Crippen LogP contribution >= 0.6 is 0 Å². The minimum Gasteiger partial charge on any atom is -0.490 e. The molecule has 1 atom stereocenters. The molecule has 2 N–H and O–H groups in total. The lowest BCUT2D eigenvalue weighted by Crippen LogP contribution is -2.36. The number of rotatable bonds is 4. The Labute approximate surface area is 119 Å². The Morgan fingerprint density at radius 3 is 2.85 bits per heavy atom. The van der Waals surface area contributed by atoms with Gasteiger partial charge < -0.3 is 15.4 Å². The molecule has 4 nitrogen and oxygen atoms in total. The number of hydrogen-bond acceptors (Lipinski definition) is 3. The number of hydrogen-bond donors (Lipinski definition) is 2. The molecule has 2 fully saturated rings. The Morgan fingerprint density at radius 1 is 1.25 bits per heavy atom. The van der Waals surface area contributed by atoms with Gasteiger partial charge in [-0.2, -0.15) is 0 Å². The SMILES string of the molecule is O=C(NC1CCNC1)c1cccc(OC2CCCC2)c1. The van der Waals surface area contributed by atoms with E-state index in [0.717, 1.165) is 38.1 Å². The van der Waals surface area contributed by atoms with E-state index in [1.807, 2.05) is 24.3 Å². The largest absolute Gasteiger partial charge is 0.490 e.